The molecule has 1 fully saturated rings. The van der Waals surface area contributed by atoms with Gasteiger partial charge in [-0.15, -0.1) is 11.3 Å². The summed E-state index contributed by atoms with van der Waals surface area (Å²) < 4.78 is 43.4. The fourth-order valence-electron chi connectivity index (χ4n) is 2.15. The lowest BCUT2D eigenvalue weighted by Gasteiger charge is -2.35. The second-order valence-electron chi connectivity index (χ2n) is 4.51. The first-order valence-corrected chi connectivity index (χ1v) is 7.10. The monoisotopic (exact) mass is 310 g/mol. The predicted octanol–water partition coefficient (Wildman–Crippen LogP) is 1.39. The van der Waals surface area contributed by atoms with Crippen LogP contribution >= 0.6 is 11.3 Å². The van der Waals surface area contributed by atoms with Crippen molar-refractivity contribution in [3.63, 3.8) is 0 Å². The zero-order chi connectivity index (χ0) is 14.8. The number of rotatable bonds is 4. The minimum Gasteiger partial charge on any atom is -0.373 e. The van der Waals surface area contributed by atoms with Crippen LogP contribution in [0.25, 0.3) is 0 Å². The molecule has 2 unspecified atom stereocenters. The molecular formula is C11H17F3N4OS. The smallest absolute Gasteiger partial charge is 0.373 e. The molecule has 1 saturated heterocycles. The molecule has 0 aliphatic carbocycles. The molecule has 114 valence electrons. The number of alkyl halides is 3. The molecule has 9 heteroatoms. The van der Waals surface area contributed by atoms with Crippen molar-refractivity contribution in [3.05, 3.63) is 16.1 Å². The molecule has 1 aliphatic heterocycles. The molecule has 2 rings (SSSR count). The van der Waals surface area contributed by atoms with Crippen molar-refractivity contribution < 1.29 is 17.9 Å². The van der Waals surface area contributed by atoms with E-state index in [2.05, 4.69) is 15.3 Å². The molecule has 5 nitrogen and oxygen atoms in total. The number of hydrazine groups is 1. The summed E-state index contributed by atoms with van der Waals surface area (Å²) in [6, 6.07) is -0.488. The average Bonchev–Trinajstić information content (AvgIpc) is 2.89. The highest BCUT2D eigenvalue weighted by Gasteiger charge is 2.37. The Morgan fingerprint density at radius 1 is 1.65 bits per heavy atom. The topological polar surface area (TPSA) is 63.4 Å². The molecule has 0 aromatic carbocycles. The first kappa shape index (κ1) is 15.6. The number of morpholine rings is 1. The lowest BCUT2D eigenvalue weighted by atomic mass is 10.1. The number of nitrogens with zero attached hydrogens (tertiary/aromatic N) is 2. The van der Waals surface area contributed by atoms with E-state index in [-0.39, 0.29) is 6.10 Å². The highest BCUT2D eigenvalue weighted by Crippen LogP contribution is 2.35. The number of nitrogens with one attached hydrogen (secondary N) is 1. The molecule has 1 aliphatic rings. The van der Waals surface area contributed by atoms with Gasteiger partial charge < -0.3 is 4.74 Å². The maximum absolute atomic E-state index is 12.6. The quantitative estimate of drug-likeness (QED) is 0.650. The van der Waals surface area contributed by atoms with Crippen molar-refractivity contribution in [1.82, 2.24) is 15.3 Å². The SMILES string of the molecule is CCN1CCOC(C(NN)c2cnc(C(F)(F)F)s2)C1. The van der Waals surface area contributed by atoms with Crippen molar-refractivity contribution >= 4 is 11.3 Å². The number of nitrogens with two attached hydrogens (primary N) is 1. The van der Waals surface area contributed by atoms with E-state index in [0.717, 1.165) is 13.1 Å². The number of ether oxygens (including phenoxy) is 1. The van der Waals surface area contributed by atoms with E-state index >= 15 is 0 Å². The van der Waals surface area contributed by atoms with Crippen LogP contribution in [0.1, 0.15) is 22.9 Å². The number of hydrogen-bond donors (Lipinski definition) is 2. The van der Waals surface area contributed by atoms with Crippen LogP contribution in [0.4, 0.5) is 13.2 Å². The second-order valence-corrected chi connectivity index (χ2v) is 5.57. The molecule has 0 radical (unpaired) electrons. The predicted molar refractivity (Wildman–Crippen MR) is 69.0 cm³/mol. The van der Waals surface area contributed by atoms with E-state index in [1.54, 1.807) is 0 Å². The van der Waals surface area contributed by atoms with Crippen molar-refractivity contribution in [2.24, 2.45) is 5.84 Å². The molecule has 0 amide bonds. The Hall–Kier alpha value is -0.740. The lowest BCUT2D eigenvalue weighted by molar-refractivity contribution is -0.137. The number of likely N-dealkylation sites (N-methyl/N-ethyl adjacent to an activating group) is 1. The van der Waals surface area contributed by atoms with Crippen LogP contribution in [0.5, 0.6) is 0 Å². The third-order valence-corrected chi connectivity index (χ3v) is 4.37. The van der Waals surface area contributed by atoms with Crippen LogP contribution in [0, 0.1) is 0 Å². The van der Waals surface area contributed by atoms with Crippen molar-refractivity contribution in [2.45, 2.75) is 25.2 Å². The summed E-state index contributed by atoms with van der Waals surface area (Å²) in [6.45, 7) is 4.89. The number of hydrogen-bond acceptors (Lipinski definition) is 6. The molecule has 0 saturated carbocycles. The van der Waals surface area contributed by atoms with Crippen molar-refractivity contribution in [3.8, 4) is 0 Å². The van der Waals surface area contributed by atoms with Gasteiger partial charge >= 0.3 is 6.18 Å². The van der Waals surface area contributed by atoms with Gasteiger partial charge in [-0.1, -0.05) is 6.92 Å². The Bertz CT molecular complexity index is 440. The molecule has 3 N–H and O–H groups in total. The van der Waals surface area contributed by atoms with Gasteiger partial charge in [0.1, 0.15) is 0 Å². The molecule has 2 heterocycles. The standard InChI is InChI=1S/C11H17F3N4OS/c1-2-18-3-4-19-7(6-18)9(17-15)8-5-16-10(20-8)11(12,13)14/h5,7,9,17H,2-4,6,15H2,1H3. The van der Waals surface area contributed by atoms with Gasteiger partial charge in [0.2, 0.25) is 0 Å². The van der Waals surface area contributed by atoms with Gasteiger partial charge in [-0.25, -0.2) is 10.4 Å². The summed E-state index contributed by atoms with van der Waals surface area (Å²) in [4.78, 5) is 6.02. The van der Waals surface area contributed by atoms with Gasteiger partial charge in [-0.05, 0) is 6.54 Å². The maximum atomic E-state index is 12.6. The summed E-state index contributed by atoms with van der Waals surface area (Å²) in [5, 5.41) is -0.865. The van der Waals surface area contributed by atoms with Crippen LogP contribution in [0.15, 0.2) is 6.20 Å². The van der Waals surface area contributed by atoms with Crippen LogP contribution < -0.4 is 11.3 Å². The van der Waals surface area contributed by atoms with Gasteiger partial charge in [0.25, 0.3) is 0 Å². The van der Waals surface area contributed by atoms with E-state index in [1.807, 2.05) is 6.92 Å². The van der Waals surface area contributed by atoms with Crippen LogP contribution in [0.2, 0.25) is 0 Å². The van der Waals surface area contributed by atoms with Crippen LogP contribution in [-0.2, 0) is 10.9 Å². The van der Waals surface area contributed by atoms with Crippen LogP contribution in [-0.4, -0.2) is 42.2 Å². The number of thiazole rings is 1. The molecule has 0 spiro atoms. The first-order chi connectivity index (χ1) is 9.45. The fourth-order valence-corrected chi connectivity index (χ4v) is 3.05. The van der Waals surface area contributed by atoms with E-state index in [4.69, 9.17) is 10.6 Å². The first-order valence-electron chi connectivity index (χ1n) is 6.28. The van der Waals surface area contributed by atoms with Gasteiger partial charge in [-0.2, -0.15) is 13.2 Å². The molecule has 2 atom stereocenters. The normalized spacial score (nSPS) is 22.9. The van der Waals surface area contributed by atoms with Gasteiger partial charge in [0, 0.05) is 24.2 Å². The molecule has 1 aromatic rings. The average molecular weight is 310 g/mol. The highest BCUT2D eigenvalue weighted by atomic mass is 32.1. The summed E-state index contributed by atoms with van der Waals surface area (Å²) >= 11 is 0.598. The number of halogens is 3. The third kappa shape index (κ3) is 3.47. The molecule has 1 aromatic heterocycles. The van der Waals surface area contributed by atoms with Gasteiger partial charge in [-0.3, -0.25) is 10.7 Å². The van der Waals surface area contributed by atoms with Crippen molar-refractivity contribution in [2.75, 3.05) is 26.2 Å². The summed E-state index contributed by atoms with van der Waals surface area (Å²) in [5.41, 5.74) is 2.55. The van der Waals surface area contributed by atoms with E-state index < -0.39 is 17.2 Å². The van der Waals surface area contributed by atoms with E-state index in [0.29, 0.717) is 29.4 Å². The minimum atomic E-state index is -4.43. The minimum absolute atomic E-state index is 0.282. The van der Waals surface area contributed by atoms with Gasteiger partial charge in [0.15, 0.2) is 5.01 Å². The van der Waals surface area contributed by atoms with E-state index in [1.165, 1.54) is 6.20 Å². The third-order valence-electron chi connectivity index (χ3n) is 3.25. The summed E-state index contributed by atoms with van der Waals surface area (Å²) in [5.74, 6) is 5.49. The summed E-state index contributed by atoms with van der Waals surface area (Å²) in [7, 11) is 0. The zero-order valence-corrected chi connectivity index (χ0v) is 11.8. The van der Waals surface area contributed by atoms with Gasteiger partial charge in [0.05, 0.1) is 18.8 Å². The van der Waals surface area contributed by atoms with Crippen LogP contribution in [0.3, 0.4) is 0 Å². The molecular weight excluding hydrogens is 293 g/mol. The Balaban J connectivity index is 2.13. The summed E-state index contributed by atoms with van der Waals surface area (Å²) in [6.07, 6.45) is -3.49. The maximum Gasteiger partial charge on any atom is 0.443 e. The lowest BCUT2D eigenvalue weighted by Crippen LogP contribution is -2.49. The van der Waals surface area contributed by atoms with E-state index in [9.17, 15) is 13.2 Å². The largest absolute Gasteiger partial charge is 0.443 e. The Labute approximate surface area is 118 Å². The number of aromatic nitrogens is 1. The zero-order valence-electron chi connectivity index (χ0n) is 11.0. The molecule has 0 bridgehead atoms. The Morgan fingerprint density at radius 3 is 2.95 bits per heavy atom. The fraction of sp³-hybridized carbons (Fsp3) is 0.727. The second kappa shape index (κ2) is 6.35. The Morgan fingerprint density at radius 2 is 2.40 bits per heavy atom. The highest BCUT2D eigenvalue weighted by molar-refractivity contribution is 7.11. The van der Waals surface area contributed by atoms with Crippen molar-refractivity contribution in [1.29, 1.82) is 0 Å². The Kier molecular flexibility index (Phi) is 4.97. The molecule has 20 heavy (non-hydrogen) atoms.